The number of carbonyl (C=O) groups is 1. The first-order valence-electron chi connectivity index (χ1n) is 6.31. The zero-order valence-electron chi connectivity index (χ0n) is 11.1. The van der Waals surface area contributed by atoms with Crippen molar-refractivity contribution < 1.29 is 9.18 Å². The molecule has 1 N–H and O–H groups in total. The van der Waals surface area contributed by atoms with Gasteiger partial charge in [-0.3, -0.25) is 4.79 Å². The van der Waals surface area contributed by atoms with Gasteiger partial charge >= 0.3 is 0 Å². The molecule has 0 aliphatic carbocycles. The number of benzene rings is 2. The highest BCUT2D eigenvalue weighted by Gasteiger charge is 2.17. The first-order valence-corrected chi connectivity index (χ1v) is 7.50. The molecule has 0 saturated heterocycles. The summed E-state index contributed by atoms with van der Waals surface area (Å²) in [5.74, 6) is -0.557. The summed E-state index contributed by atoms with van der Waals surface area (Å²) < 4.78 is 14.6. The van der Waals surface area contributed by atoms with E-state index >= 15 is 0 Å². The van der Waals surface area contributed by atoms with Crippen molar-refractivity contribution in [2.24, 2.45) is 0 Å². The van der Waals surface area contributed by atoms with Crippen LogP contribution in [0.3, 0.4) is 0 Å². The monoisotopic (exact) mass is 319 g/mol. The van der Waals surface area contributed by atoms with Crippen molar-refractivity contribution in [1.29, 1.82) is 0 Å². The van der Waals surface area contributed by atoms with Crippen LogP contribution < -0.4 is 5.32 Å². The first-order chi connectivity index (χ1) is 10.1. The third kappa shape index (κ3) is 2.64. The van der Waals surface area contributed by atoms with Crippen molar-refractivity contribution in [1.82, 2.24) is 0 Å². The molecule has 1 heterocycles. The molecule has 0 fully saturated rings. The van der Waals surface area contributed by atoms with Crippen LogP contribution >= 0.6 is 22.9 Å². The molecule has 2 nitrogen and oxygen atoms in total. The summed E-state index contributed by atoms with van der Waals surface area (Å²) in [6, 6.07) is 11.8. The summed E-state index contributed by atoms with van der Waals surface area (Å²) in [5, 5.41) is 3.85. The van der Waals surface area contributed by atoms with E-state index in [1.165, 1.54) is 17.4 Å². The van der Waals surface area contributed by atoms with Gasteiger partial charge in [-0.25, -0.2) is 4.39 Å². The van der Waals surface area contributed by atoms with Gasteiger partial charge in [0.15, 0.2) is 0 Å². The van der Waals surface area contributed by atoms with E-state index in [4.69, 9.17) is 11.6 Å². The van der Waals surface area contributed by atoms with Crippen LogP contribution in [-0.2, 0) is 0 Å². The number of carbonyl (C=O) groups excluding carboxylic acids is 1. The van der Waals surface area contributed by atoms with Gasteiger partial charge in [0, 0.05) is 20.8 Å². The van der Waals surface area contributed by atoms with E-state index in [9.17, 15) is 9.18 Å². The number of fused-ring (bicyclic) bond motifs is 1. The van der Waals surface area contributed by atoms with Crippen LogP contribution in [-0.4, -0.2) is 5.91 Å². The molecule has 2 aromatic carbocycles. The van der Waals surface area contributed by atoms with Crippen molar-refractivity contribution in [3.63, 3.8) is 0 Å². The average Bonchev–Trinajstić information content (AvgIpc) is 2.77. The van der Waals surface area contributed by atoms with Gasteiger partial charge in [0.05, 0.1) is 4.88 Å². The van der Waals surface area contributed by atoms with E-state index in [0.29, 0.717) is 26.5 Å². The van der Waals surface area contributed by atoms with Crippen LogP contribution in [0.5, 0.6) is 0 Å². The number of hydrogen-bond acceptors (Lipinski definition) is 2. The maximum Gasteiger partial charge on any atom is 0.266 e. The predicted octanol–water partition coefficient (Wildman–Crippen LogP) is 5.25. The molecular formula is C16H11ClFNOS. The molecule has 0 atom stereocenters. The van der Waals surface area contributed by atoms with Crippen molar-refractivity contribution in [2.45, 2.75) is 6.92 Å². The lowest BCUT2D eigenvalue weighted by molar-refractivity contribution is 0.103. The van der Waals surface area contributed by atoms with E-state index in [2.05, 4.69) is 5.32 Å². The third-order valence-electron chi connectivity index (χ3n) is 3.19. The number of anilines is 1. The Morgan fingerprint density at radius 2 is 2.00 bits per heavy atom. The van der Waals surface area contributed by atoms with Crippen molar-refractivity contribution in [3.05, 3.63) is 63.7 Å². The summed E-state index contributed by atoms with van der Waals surface area (Å²) >= 11 is 7.18. The van der Waals surface area contributed by atoms with Crippen LogP contribution in [0.4, 0.5) is 10.1 Å². The van der Waals surface area contributed by atoms with Gasteiger partial charge < -0.3 is 5.32 Å². The Hall–Kier alpha value is -1.91. The minimum Gasteiger partial charge on any atom is -0.321 e. The maximum atomic E-state index is 13.9. The third-order valence-corrected chi connectivity index (χ3v) is 4.68. The highest BCUT2D eigenvalue weighted by molar-refractivity contribution is 7.21. The highest BCUT2D eigenvalue weighted by atomic mass is 35.5. The van der Waals surface area contributed by atoms with E-state index in [-0.39, 0.29) is 11.7 Å². The lowest BCUT2D eigenvalue weighted by atomic mass is 10.1. The number of aryl methyl sites for hydroxylation is 1. The second-order valence-corrected chi connectivity index (χ2v) is 6.12. The maximum absolute atomic E-state index is 13.9. The second kappa shape index (κ2) is 5.47. The fourth-order valence-electron chi connectivity index (χ4n) is 2.22. The summed E-state index contributed by atoms with van der Waals surface area (Å²) in [4.78, 5) is 12.9. The molecule has 0 radical (unpaired) electrons. The number of halogens is 2. The largest absolute Gasteiger partial charge is 0.321 e. The van der Waals surface area contributed by atoms with Gasteiger partial charge in [-0.05, 0) is 42.8 Å². The van der Waals surface area contributed by atoms with E-state index in [1.807, 2.05) is 6.07 Å². The first kappa shape index (κ1) is 14.0. The number of rotatable bonds is 2. The van der Waals surface area contributed by atoms with Gasteiger partial charge in [0.1, 0.15) is 5.82 Å². The lowest BCUT2D eigenvalue weighted by Crippen LogP contribution is -2.11. The Kier molecular flexibility index (Phi) is 3.66. The molecule has 0 bridgehead atoms. The zero-order chi connectivity index (χ0) is 15.0. The van der Waals surface area contributed by atoms with Gasteiger partial charge in [0.2, 0.25) is 0 Å². The topological polar surface area (TPSA) is 29.1 Å². The zero-order valence-corrected chi connectivity index (χ0v) is 12.7. The Labute approximate surface area is 130 Å². The molecule has 3 aromatic rings. The Bertz CT molecular complexity index is 843. The van der Waals surface area contributed by atoms with E-state index in [1.54, 1.807) is 37.3 Å². The standard InChI is InChI=1S/C16H11ClFNOS/c1-9-14-12(18)6-3-7-13(14)21-15(9)16(20)19-11-5-2-4-10(17)8-11/h2-8H,1H3,(H,19,20). The number of nitrogens with one attached hydrogen (secondary N) is 1. The summed E-state index contributed by atoms with van der Waals surface area (Å²) in [5.41, 5.74) is 1.28. The summed E-state index contributed by atoms with van der Waals surface area (Å²) in [6.45, 7) is 1.76. The quantitative estimate of drug-likeness (QED) is 0.686. The van der Waals surface area contributed by atoms with Crippen LogP contribution in [0.2, 0.25) is 5.02 Å². The summed E-state index contributed by atoms with van der Waals surface area (Å²) in [7, 11) is 0. The molecule has 0 unspecified atom stereocenters. The van der Waals surface area contributed by atoms with Crippen LogP contribution in [0.15, 0.2) is 42.5 Å². The van der Waals surface area contributed by atoms with Crippen LogP contribution in [0, 0.1) is 12.7 Å². The normalized spacial score (nSPS) is 10.8. The molecular weight excluding hydrogens is 309 g/mol. The fraction of sp³-hybridized carbons (Fsp3) is 0.0625. The van der Waals surface area contributed by atoms with Crippen LogP contribution in [0.25, 0.3) is 10.1 Å². The Morgan fingerprint density at radius 1 is 1.24 bits per heavy atom. The summed E-state index contributed by atoms with van der Waals surface area (Å²) in [6.07, 6.45) is 0. The number of hydrogen-bond donors (Lipinski definition) is 1. The highest BCUT2D eigenvalue weighted by Crippen LogP contribution is 2.33. The van der Waals surface area contributed by atoms with Gasteiger partial charge in [-0.1, -0.05) is 23.7 Å². The molecule has 21 heavy (non-hydrogen) atoms. The molecule has 106 valence electrons. The molecule has 5 heteroatoms. The molecule has 1 amide bonds. The Morgan fingerprint density at radius 3 is 2.71 bits per heavy atom. The van der Waals surface area contributed by atoms with Gasteiger partial charge in [-0.2, -0.15) is 0 Å². The molecule has 0 aliphatic heterocycles. The number of thiophene rings is 1. The smallest absolute Gasteiger partial charge is 0.266 e. The van der Waals surface area contributed by atoms with E-state index in [0.717, 1.165) is 4.70 Å². The Balaban J connectivity index is 1.99. The average molecular weight is 320 g/mol. The lowest BCUT2D eigenvalue weighted by Gasteiger charge is -2.04. The molecule has 1 aromatic heterocycles. The molecule has 0 spiro atoms. The number of amides is 1. The second-order valence-electron chi connectivity index (χ2n) is 4.63. The van der Waals surface area contributed by atoms with Gasteiger partial charge in [-0.15, -0.1) is 11.3 Å². The minimum atomic E-state index is -0.303. The molecule has 0 saturated carbocycles. The predicted molar refractivity (Wildman–Crippen MR) is 85.9 cm³/mol. The minimum absolute atomic E-state index is 0.254. The fourth-order valence-corrected chi connectivity index (χ4v) is 3.53. The van der Waals surface area contributed by atoms with Gasteiger partial charge in [0.25, 0.3) is 5.91 Å². The van der Waals surface area contributed by atoms with Crippen molar-refractivity contribution >= 4 is 44.6 Å². The van der Waals surface area contributed by atoms with E-state index < -0.39 is 0 Å². The molecule has 0 aliphatic rings. The van der Waals surface area contributed by atoms with Crippen molar-refractivity contribution in [2.75, 3.05) is 5.32 Å². The van der Waals surface area contributed by atoms with Crippen LogP contribution in [0.1, 0.15) is 15.2 Å². The SMILES string of the molecule is Cc1c(C(=O)Nc2cccc(Cl)c2)sc2cccc(F)c12. The van der Waals surface area contributed by atoms with Crippen molar-refractivity contribution in [3.8, 4) is 0 Å². The molecule has 3 rings (SSSR count).